The lowest BCUT2D eigenvalue weighted by molar-refractivity contribution is 1.25. The van der Waals surface area contributed by atoms with Crippen LogP contribution >= 0.6 is 11.6 Å². The minimum absolute atomic E-state index is 0.350. The van der Waals surface area contributed by atoms with Crippen LogP contribution in [-0.2, 0) is 0 Å². The van der Waals surface area contributed by atoms with E-state index >= 15 is 0 Å². The molecular formula is C8H9ClN2. The van der Waals surface area contributed by atoms with E-state index in [1.807, 2.05) is 31.2 Å². The highest BCUT2D eigenvalue weighted by Gasteiger charge is 2.00. The van der Waals surface area contributed by atoms with Crippen molar-refractivity contribution in [2.75, 3.05) is 0 Å². The minimum Gasteiger partial charge on any atom is -0.322 e. The highest BCUT2D eigenvalue weighted by atomic mass is 35.5. The zero-order chi connectivity index (χ0) is 8.27. The predicted molar refractivity (Wildman–Crippen MR) is 47.8 cm³/mol. The summed E-state index contributed by atoms with van der Waals surface area (Å²) in [6.45, 7) is 1.96. The number of hydrogen-bond donors (Lipinski definition) is 1. The third-order valence-corrected chi connectivity index (χ3v) is 1.78. The molecular weight excluding hydrogens is 160 g/mol. The molecule has 0 bridgehead atoms. The Morgan fingerprint density at radius 2 is 2.09 bits per heavy atom. The fraction of sp³-hybridized carbons (Fsp3) is 0.125. The quantitative estimate of drug-likeness (QED) is 0.388. The van der Waals surface area contributed by atoms with Crippen molar-refractivity contribution in [2.45, 2.75) is 6.92 Å². The molecule has 0 spiro atoms. The Bertz CT molecular complexity index is 281. The van der Waals surface area contributed by atoms with Crippen molar-refractivity contribution in [3.8, 4) is 0 Å². The van der Waals surface area contributed by atoms with Gasteiger partial charge in [-0.3, -0.25) is 0 Å². The number of aryl methyl sites for hydroxylation is 1. The van der Waals surface area contributed by atoms with E-state index in [1.54, 1.807) is 0 Å². The van der Waals surface area contributed by atoms with Gasteiger partial charge in [0.25, 0.3) is 0 Å². The molecule has 2 nitrogen and oxygen atoms in total. The molecule has 1 aromatic carbocycles. The fourth-order valence-electron chi connectivity index (χ4n) is 0.874. The zero-order valence-electron chi connectivity index (χ0n) is 6.21. The van der Waals surface area contributed by atoms with E-state index in [0.29, 0.717) is 5.17 Å². The first-order valence-electron chi connectivity index (χ1n) is 3.25. The first kappa shape index (κ1) is 8.08. The second kappa shape index (κ2) is 3.39. The van der Waals surface area contributed by atoms with Crippen LogP contribution in [0.4, 0.5) is 0 Å². The van der Waals surface area contributed by atoms with Crippen LogP contribution < -0.4 is 5.84 Å². The van der Waals surface area contributed by atoms with E-state index in [9.17, 15) is 0 Å². The molecule has 0 radical (unpaired) electrons. The number of halogens is 1. The topological polar surface area (TPSA) is 38.4 Å². The van der Waals surface area contributed by atoms with Gasteiger partial charge < -0.3 is 5.84 Å². The van der Waals surface area contributed by atoms with Crippen LogP contribution in [0.1, 0.15) is 11.1 Å². The van der Waals surface area contributed by atoms with Crippen molar-refractivity contribution in [3.63, 3.8) is 0 Å². The van der Waals surface area contributed by atoms with Crippen LogP contribution in [0.3, 0.4) is 0 Å². The van der Waals surface area contributed by atoms with Crippen molar-refractivity contribution in [1.82, 2.24) is 0 Å². The smallest absolute Gasteiger partial charge is 0.156 e. The highest BCUT2D eigenvalue weighted by molar-refractivity contribution is 6.69. The summed E-state index contributed by atoms with van der Waals surface area (Å²) >= 11 is 5.72. The molecule has 11 heavy (non-hydrogen) atoms. The maximum atomic E-state index is 5.72. The summed E-state index contributed by atoms with van der Waals surface area (Å²) in [6, 6.07) is 7.69. The zero-order valence-corrected chi connectivity index (χ0v) is 6.97. The number of nitrogens with two attached hydrogens (primary N) is 1. The monoisotopic (exact) mass is 168 g/mol. The Morgan fingerprint density at radius 3 is 2.64 bits per heavy atom. The van der Waals surface area contributed by atoms with Crippen molar-refractivity contribution >= 4 is 16.8 Å². The summed E-state index contributed by atoms with van der Waals surface area (Å²) in [7, 11) is 0. The lowest BCUT2D eigenvalue weighted by Gasteiger charge is -1.99. The van der Waals surface area contributed by atoms with Gasteiger partial charge in [-0.1, -0.05) is 35.9 Å². The molecule has 0 aliphatic carbocycles. The van der Waals surface area contributed by atoms with Gasteiger partial charge in [-0.2, -0.15) is 5.10 Å². The number of rotatable bonds is 1. The second-order valence-electron chi connectivity index (χ2n) is 2.23. The Labute approximate surface area is 70.7 Å². The molecule has 0 aliphatic rings. The van der Waals surface area contributed by atoms with Gasteiger partial charge in [-0.15, -0.1) is 0 Å². The Morgan fingerprint density at radius 1 is 1.45 bits per heavy atom. The van der Waals surface area contributed by atoms with E-state index in [0.717, 1.165) is 11.1 Å². The number of hydrogen-bond acceptors (Lipinski definition) is 2. The molecule has 3 heteroatoms. The van der Waals surface area contributed by atoms with E-state index in [4.69, 9.17) is 17.4 Å². The molecule has 0 fully saturated rings. The molecule has 0 saturated carbocycles. The van der Waals surface area contributed by atoms with Crippen LogP contribution in [-0.4, -0.2) is 5.17 Å². The first-order valence-corrected chi connectivity index (χ1v) is 3.63. The summed E-state index contributed by atoms with van der Waals surface area (Å²) in [5.41, 5.74) is 1.96. The molecule has 1 aromatic rings. The van der Waals surface area contributed by atoms with Crippen molar-refractivity contribution in [1.29, 1.82) is 0 Å². The summed E-state index contributed by atoms with van der Waals surface area (Å²) in [5, 5.41) is 3.75. The van der Waals surface area contributed by atoms with Crippen LogP contribution in [0.15, 0.2) is 29.4 Å². The lowest BCUT2D eigenvalue weighted by Crippen LogP contribution is -1.97. The Hall–Kier alpha value is -1.02. The fourth-order valence-corrected chi connectivity index (χ4v) is 1.09. The molecule has 0 heterocycles. The highest BCUT2D eigenvalue weighted by Crippen LogP contribution is 2.09. The van der Waals surface area contributed by atoms with Crippen LogP contribution in [0.5, 0.6) is 0 Å². The van der Waals surface area contributed by atoms with Gasteiger partial charge in [0.15, 0.2) is 5.17 Å². The molecule has 0 unspecified atom stereocenters. The second-order valence-corrected chi connectivity index (χ2v) is 2.59. The largest absolute Gasteiger partial charge is 0.322 e. The molecule has 1 rings (SSSR count). The SMILES string of the molecule is Cc1ccccc1C(Cl)=NN. The number of hydrazone groups is 1. The van der Waals surface area contributed by atoms with Crippen LogP contribution in [0.25, 0.3) is 0 Å². The van der Waals surface area contributed by atoms with E-state index < -0.39 is 0 Å². The third-order valence-electron chi connectivity index (χ3n) is 1.48. The van der Waals surface area contributed by atoms with Gasteiger partial charge in [-0.05, 0) is 12.5 Å². The van der Waals surface area contributed by atoms with Crippen LogP contribution in [0, 0.1) is 6.92 Å². The lowest BCUT2D eigenvalue weighted by atomic mass is 10.1. The average molecular weight is 169 g/mol. The van der Waals surface area contributed by atoms with E-state index in [2.05, 4.69) is 5.10 Å². The predicted octanol–water partition coefficient (Wildman–Crippen LogP) is 1.85. The maximum absolute atomic E-state index is 5.72. The first-order chi connectivity index (χ1) is 5.25. The molecule has 0 aliphatic heterocycles. The van der Waals surface area contributed by atoms with Crippen molar-refractivity contribution in [2.24, 2.45) is 10.9 Å². The van der Waals surface area contributed by atoms with E-state index in [-0.39, 0.29) is 0 Å². The molecule has 0 amide bonds. The Kier molecular flexibility index (Phi) is 2.49. The van der Waals surface area contributed by atoms with Gasteiger partial charge in [-0.25, -0.2) is 0 Å². The molecule has 2 N–H and O–H groups in total. The van der Waals surface area contributed by atoms with Gasteiger partial charge >= 0.3 is 0 Å². The minimum atomic E-state index is 0.350. The molecule has 0 atom stereocenters. The number of nitrogens with zero attached hydrogens (tertiary/aromatic N) is 1. The number of benzene rings is 1. The summed E-state index contributed by atoms with van der Waals surface area (Å²) in [6.07, 6.45) is 0. The summed E-state index contributed by atoms with van der Waals surface area (Å²) < 4.78 is 0. The van der Waals surface area contributed by atoms with Gasteiger partial charge in [0, 0.05) is 5.56 Å². The molecule has 0 saturated heterocycles. The van der Waals surface area contributed by atoms with E-state index in [1.165, 1.54) is 0 Å². The average Bonchev–Trinajstić information content (AvgIpc) is 2.04. The van der Waals surface area contributed by atoms with Gasteiger partial charge in [0.1, 0.15) is 0 Å². The third kappa shape index (κ3) is 1.71. The Balaban J connectivity index is 3.14. The van der Waals surface area contributed by atoms with Gasteiger partial charge in [0.05, 0.1) is 0 Å². The summed E-state index contributed by atoms with van der Waals surface area (Å²) in [5.74, 6) is 5.03. The normalized spacial score (nSPS) is 11.6. The van der Waals surface area contributed by atoms with Crippen molar-refractivity contribution < 1.29 is 0 Å². The van der Waals surface area contributed by atoms with Crippen molar-refractivity contribution in [3.05, 3.63) is 35.4 Å². The van der Waals surface area contributed by atoms with Gasteiger partial charge in [0.2, 0.25) is 0 Å². The summed E-state index contributed by atoms with van der Waals surface area (Å²) in [4.78, 5) is 0. The van der Waals surface area contributed by atoms with Crippen LogP contribution in [0.2, 0.25) is 0 Å². The molecule has 58 valence electrons. The molecule has 0 aromatic heterocycles. The maximum Gasteiger partial charge on any atom is 0.156 e. The standard InChI is InChI=1S/C8H9ClN2/c1-6-4-2-3-5-7(6)8(9)11-10/h2-5H,10H2,1H3.